The summed E-state index contributed by atoms with van der Waals surface area (Å²) in [6, 6.07) is 1.80. The van der Waals surface area contributed by atoms with Crippen LogP contribution in [0.5, 0.6) is 0 Å². The molecule has 1 unspecified atom stereocenters. The Morgan fingerprint density at radius 3 is 3.24 bits per heavy atom. The van der Waals surface area contributed by atoms with Crippen molar-refractivity contribution in [2.45, 2.75) is 24.6 Å². The number of hydrogen-bond donors (Lipinski definition) is 1. The molecule has 3 rings (SSSR count). The molecule has 0 amide bonds. The number of aromatic nitrogens is 3. The quantitative estimate of drug-likeness (QED) is 0.909. The second-order valence-corrected chi connectivity index (χ2v) is 6.06. The third-order valence-electron chi connectivity index (χ3n) is 2.99. The van der Waals surface area contributed by atoms with Gasteiger partial charge in [-0.15, -0.1) is 0 Å². The fourth-order valence-electron chi connectivity index (χ4n) is 2.18. The Morgan fingerprint density at radius 2 is 2.47 bits per heavy atom. The maximum Gasteiger partial charge on any atom is 0.202 e. The largest absolute Gasteiger partial charge is 0.369 e. The SMILES string of the molecule is Nc1nc2cc(Cl)cnc2n1CC1CCCS1. The van der Waals surface area contributed by atoms with E-state index in [0.29, 0.717) is 16.2 Å². The average molecular weight is 269 g/mol. The molecule has 6 heteroatoms. The topological polar surface area (TPSA) is 56.7 Å². The summed E-state index contributed by atoms with van der Waals surface area (Å²) in [5.41, 5.74) is 7.55. The molecule has 2 aromatic heterocycles. The molecule has 1 fully saturated rings. The van der Waals surface area contributed by atoms with Crippen molar-refractivity contribution in [3.63, 3.8) is 0 Å². The maximum atomic E-state index is 5.94. The standard InChI is InChI=1S/C11H13ClN4S/c12-7-4-9-10(14-5-7)16(11(13)15-9)6-8-2-1-3-17-8/h4-5,8H,1-3,6H2,(H2,13,15). The molecule has 0 spiro atoms. The van der Waals surface area contributed by atoms with Crippen molar-refractivity contribution < 1.29 is 0 Å². The summed E-state index contributed by atoms with van der Waals surface area (Å²) in [5, 5.41) is 1.23. The first-order valence-electron chi connectivity index (χ1n) is 5.63. The molecule has 0 aromatic carbocycles. The van der Waals surface area contributed by atoms with Crippen molar-refractivity contribution in [1.29, 1.82) is 0 Å². The van der Waals surface area contributed by atoms with Gasteiger partial charge in [0.25, 0.3) is 0 Å². The van der Waals surface area contributed by atoms with Crippen molar-refractivity contribution in [2.24, 2.45) is 0 Å². The zero-order valence-electron chi connectivity index (χ0n) is 9.27. The fourth-order valence-corrected chi connectivity index (χ4v) is 3.58. The van der Waals surface area contributed by atoms with Crippen LogP contribution < -0.4 is 5.73 Å². The van der Waals surface area contributed by atoms with Crippen molar-refractivity contribution >= 4 is 40.5 Å². The molecule has 3 heterocycles. The van der Waals surface area contributed by atoms with Crippen molar-refractivity contribution in [3.05, 3.63) is 17.3 Å². The highest BCUT2D eigenvalue weighted by atomic mass is 35.5. The molecule has 1 atom stereocenters. The number of thioether (sulfide) groups is 1. The normalized spacial score (nSPS) is 20.2. The fraction of sp³-hybridized carbons (Fsp3) is 0.455. The van der Waals surface area contributed by atoms with Gasteiger partial charge in [0.05, 0.1) is 5.02 Å². The van der Waals surface area contributed by atoms with Gasteiger partial charge in [0, 0.05) is 18.0 Å². The number of fused-ring (bicyclic) bond motifs is 1. The summed E-state index contributed by atoms with van der Waals surface area (Å²) in [6.07, 6.45) is 4.18. The van der Waals surface area contributed by atoms with Crippen LogP contribution in [0.4, 0.5) is 5.95 Å². The number of nitrogens with zero attached hydrogens (tertiary/aromatic N) is 3. The number of hydrogen-bond acceptors (Lipinski definition) is 4. The van der Waals surface area contributed by atoms with E-state index in [9.17, 15) is 0 Å². The van der Waals surface area contributed by atoms with Crippen molar-refractivity contribution in [1.82, 2.24) is 14.5 Å². The molecule has 0 aliphatic carbocycles. The van der Waals surface area contributed by atoms with Gasteiger partial charge in [-0.1, -0.05) is 11.6 Å². The van der Waals surface area contributed by atoms with E-state index in [0.717, 1.165) is 17.7 Å². The molecule has 1 aliphatic rings. The van der Waals surface area contributed by atoms with Crippen LogP contribution in [-0.4, -0.2) is 25.5 Å². The monoisotopic (exact) mass is 268 g/mol. The number of pyridine rings is 1. The first-order valence-corrected chi connectivity index (χ1v) is 7.05. The summed E-state index contributed by atoms with van der Waals surface area (Å²) < 4.78 is 1.99. The minimum absolute atomic E-state index is 0.530. The van der Waals surface area contributed by atoms with Crippen LogP contribution in [0.1, 0.15) is 12.8 Å². The summed E-state index contributed by atoms with van der Waals surface area (Å²) in [7, 11) is 0. The molecule has 1 aliphatic heterocycles. The van der Waals surface area contributed by atoms with Crippen LogP contribution in [-0.2, 0) is 6.54 Å². The van der Waals surface area contributed by atoms with Crippen LogP contribution in [0.3, 0.4) is 0 Å². The first-order chi connectivity index (χ1) is 8.24. The third-order valence-corrected chi connectivity index (χ3v) is 4.58. The molecule has 0 radical (unpaired) electrons. The molecule has 0 bridgehead atoms. The lowest BCUT2D eigenvalue weighted by atomic mass is 10.2. The van der Waals surface area contributed by atoms with Gasteiger partial charge in [-0.05, 0) is 24.7 Å². The smallest absolute Gasteiger partial charge is 0.202 e. The number of rotatable bonds is 2. The summed E-state index contributed by atoms with van der Waals surface area (Å²) in [5.74, 6) is 1.78. The number of nitrogen functional groups attached to an aromatic ring is 1. The molecule has 1 saturated heterocycles. The Bertz CT molecular complexity index is 548. The van der Waals surface area contributed by atoms with Crippen molar-refractivity contribution in [3.8, 4) is 0 Å². The highest BCUT2D eigenvalue weighted by Gasteiger charge is 2.19. The van der Waals surface area contributed by atoms with Gasteiger partial charge in [0.15, 0.2) is 5.65 Å². The Balaban J connectivity index is 1.99. The third kappa shape index (κ3) is 2.09. The Labute approximate surface area is 109 Å². The molecule has 2 aromatic rings. The Kier molecular flexibility index (Phi) is 2.88. The van der Waals surface area contributed by atoms with E-state index in [4.69, 9.17) is 17.3 Å². The van der Waals surface area contributed by atoms with E-state index in [2.05, 4.69) is 9.97 Å². The van der Waals surface area contributed by atoms with E-state index in [1.54, 1.807) is 12.3 Å². The highest BCUT2D eigenvalue weighted by molar-refractivity contribution is 8.00. The first kappa shape index (κ1) is 11.2. The van der Waals surface area contributed by atoms with Crippen LogP contribution in [0.2, 0.25) is 5.02 Å². The Hall–Kier alpha value is -0.940. The van der Waals surface area contributed by atoms with Crippen LogP contribution >= 0.6 is 23.4 Å². The highest BCUT2D eigenvalue weighted by Crippen LogP contribution is 2.29. The Morgan fingerprint density at radius 1 is 1.59 bits per heavy atom. The van der Waals surface area contributed by atoms with Crippen LogP contribution in [0.15, 0.2) is 12.3 Å². The van der Waals surface area contributed by atoms with Gasteiger partial charge >= 0.3 is 0 Å². The summed E-state index contributed by atoms with van der Waals surface area (Å²) >= 11 is 7.90. The van der Waals surface area contributed by atoms with Gasteiger partial charge in [-0.3, -0.25) is 4.57 Å². The van der Waals surface area contributed by atoms with Crippen molar-refractivity contribution in [2.75, 3.05) is 11.5 Å². The van der Waals surface area contributed by atoms with Gasteiger partial charge in [-0.25, -0.2) is 9.97 Å². The molecule has 0 saturated carbocycles. The number of anilines is 1. The van der Waals surface area contributed by atoms with Gasteiger partial charge in [0.1, 0.15) is 5.52 Å². The molecular formula is C11H13ClN4S. The minimum atomic E-state index is 0.530. The van der Waals surface area contributed by atoms with Gasteiger partial charge in [0.2, 0.25) is 5.95 Å². The van der Waals surface area contributed by atoms with Gasteiger partial charge < -0.3 is 5.73 Å². The molecule has 90 valence electrons. The van der Waals surface area contributed by atoms with Gasteiger partial charge in [-0.2, -0.15) is 11.8 Å². The second kappa shape index (κ2) is 4.38. The van der Waals surface area contributed by atoms with E-state index in [-0.39, 0.29) is 0 Å². The predicted molar refractivity (Wildman–Crippen MR) is 72.4 cm³/mol. The van der Waals surface area contributed by atoms with E-state index in [1.807, 2.05) is 16.3 Å². The maximum absolute atomic E-state index is 5.94. The lowest BCUT2D eigenvalue weighted by Gasteiger charge is -2.10. The van der Waals surface area contributed by atoms with E-state index < -0.39 is 0 Å². The van der Waals surface area contributed by atoms with Crippen LogP contribution in [0.25, 0.3) is 11.2 Å². The lowest BCUT2D eigenvalue weighted by molar-refractivity contribution is 0.654. The number of halogens is 1. The minimum Gasteiger partial charge on any atom is -0.369 e. The zero-order valence-corrected chi connectivity index (χ0v) is 10.8. The lowest BCUT2D eigenvalue weighted by Crippen LogP contribution is -2.12. The predicted octanol–water partition coefficient (Wildman–Crippen LogP) is 2.56. The second-order valence-electron chi connectivity index (χ2n) is 4.21. The molecule has 17 heavy (non-hydrogen) atoms. The molecular weight excluding hydrogens is 256 g/mol. The zero-order chi connectivity index (χ0) is 11.8. The summed E-state index contributed by atoms with van der Waals surface area (Å²) in [6.45, 7) is 0.891. The number of nitrogens with two attached hydrogens (primary N) is 1. The molecule has 2 N–H and O–H groups in total. The van der Waals surface area contributed by atoms with Crippen LogP contribution in [0, 0.1) is 0 Å². The average Bonchev–Trinajstić information content (AvgIpc) is 2.88. The van der Waals surface area contributed by atoms with E-state index >= 15 is 0 Å². The molecule has 4 nitrogen and oxygen atoms in total. The van der Waals surface area contributed by atoms with E-state index in [1.165, 1.54) is 18.6 Å². The number of imidazole rings is 1. The summed E-state index contributed by atoms with van der Waals surface area (Å²) in [4.78, 5) is 8.62.